The Morgan fingerprint density at radius 3 is 2.72 bits per heavy atom. The molecular weight excluding hydrogens is 511 g/mol. The van der Waals surface area contributed by atoms with Crippen LogP contribution in [0.2, 0.25) is 0 Å². The van der Waals surface area contributed by atoms with Crippen LogP contribution in [0.1, 0.15) is 53.0 Å². The van der Waals surface area contributed by atoms with E-state index in [0.29, 0.717) is 29.8 Å². The average Bonchev–Trinajstić information content (AvgIpc) is 2.96. The van der Waals surface area contributed by atoms with E-state index in [2.05, 4.69) is 36.3 Å². The Hall–Kier alpha value is -4.15. The Morgan fingerprint density at radius 1 is 1.23 bits per heavy atom. The summed E-state index contributed by atoms with van der Waals surface area (Å²) in [7, 11) is 7.95. The molecule has 1 aliphatic rings. The van der Waals surface area contributed by atoms with E-state index in [9.17, 15) is 4.79 Å². The number of methoxy groups -OCH3 is 1. The zero-order valence-electron chi connectivity index (χ0n) is 22.3. The zero-order valence-corrected chi connectivity index (χ0v) is 23.4. The van der Waals surface area contributed by atoms with Crippen LogP contribution < -0.4 is 10.0 Å². The molecule has 1 aromatic carbocycles. The van der Waals surface area contributed by atoms with E-state index in [1.165, 1.54) is 12.7 Å². The van der Waals surface area contributed by atoms with Gasteiger partial charge in [-0.1, -0.05) is 12.1 Å². The highest BCUT2D eigenvalue weighted by Crippen LogP contribution is 2.32. The van der Waals surface area contributed by atoms with E-state index < -0.39 is 5.97 Å². The van der Waals surface area contributed by atoms with Gasteiger partial charge in [0.1, 0.15) is 18.1 Å². The molecule has 0 N–H and O–H groups in total. The molecule has 0 aliphatic heterocycles. The van der Waals surface area contributed by atoms with E-state index in [1.54, 1.807) is 30.6 Å². The summed E-state index contributed by atoms with van der Waals surface area (Å²) >= 11 is 0. The monoisotopic (exact) mass is 542 g/mol. The topological polar surface area (TPSA) is 114 Å². The molecule has 0 saturated heterocycles. The molecule has 10 heteroatoms. The first-order valence-electron chi connectivity index (χ1n) is 12.6. The number of carbonyl (C=O) groups excluding carboxylic acids is 1. The minimum atomic E-state index is -0.467. The van der Waals surface area contributed by atoms with E-state index in [1.807, 2.05) is 37.2 Å². The Kier molecular flexibility index (Phi) is 9.35. The fourth-order valence-corrected chi connectivity index (χ4v) is 4.61. The van der Waals surface area contributed by atoms with E-state index in [-0.39, 0.29) is 5.69 Å². The van der Waals surface area contributed by atoms with Crippen molar-refractivity contribution in [3.8, 4) is 12.1 Å². The standard InChI is InChI=1S/C29H31N6O3P/c1-35(2)27(33-23-10-11-25(32-17-23)28(36)37-3)15-19-4-7-21(8-5-19)24-12-13-31-29(34-24)38-18-22-9-6-20(16-30)14-26(22)39/h6-7,9-14,17,19H,4-5,8,15,18,39H2,1-3H3. The van der Waals surface area contributed by atoms with Gasteiger partial charge in [-0.15, -0.1) is 9.24 Å². The van der Waals surface area contributed by atoms with Gasteiger partial charge in [0.15, 0.2) is 0 Å². The summed E-state index contributed by atoms with van der Waals surface area (Å²) in [6.45, 7) is 0.322. The predicted octanol–water partition coefficient (Wildman–Crippen LogP) is 4.47. The lowest BCUT2D eigenvalue weighted by Gasteiger charge is -2.25. The van der Waals surface area contributed by atoms with E-state index >= 15 is 0 Å². The number of ether oxygens (including phenoxy) is 2. The first-order chi connectivity index (χ1) is 18.9. The van der Waals surface area contributed by atoms with Crippen LogP contribution in [0, 0.1) is 17.2 Å². The molecule has 2 atom stereocenters. The summed E-state index contributed by atoms with van der Waals surface area (Å²) in [6.07, 6.45) is 9.23. The molecule has 2 unspecified atom stereocenters. The molecule has 0 saturated carbocycles. The molecule has 2 aromatic heterocycles. The highest BCUT2D eigenvalue weighted by atomic mass is 31.0. The van der Waals surface area contributed by atoms with Crippen LogP contribution in [-0.2, 0) is 11.3 Å². The fraction of sp³-hybridized carbons (Fsp3) is 0.310. The molecule has 0 spiro atoms. The van der Waals surface area contributed by atoms with Crippen LogP contribution in [0.15, 0.2) is 59.9 Å². The van der Waals surface area contributed by atoms with E-state index in [0.717, 1.165) is 48.1 Å². The van der Waals surface area contributed by atoms with Gasteiger partial charge in [0.25, 0.3) is 0 Å². The van der Waals surface area contributed by atoms with Gasteiger partial charge in [-0.3, -0.25) is 0 Å². The molecule has 39 heavy (non-hydrogen) atoms. The lowest BCUT2D eigenvalue weighted by atomic mass is 9.86. The Bertz CT molecular complexity index is 1430. The van der Waals surface area contributed by atoms with Gasteiger partial charge in [-0.25, -0.2) is 19.8 Å². The van der Waals surface area contributed by atoms with Crippen molar-refractivity contribution in [3.63, 3.8) is 0 Å². The molecule has 0 radical (unpaired) electrons. The third kappa shape index (κ3) is 7.46. The maximum atomic E-state index is 11.6. The molecule has 200 valence electrons. The maximum Gasteiger partial charge on any atom is 0.356 e. The van der Waals surface area contributed by atoms with Crippen molar-refractivity contribution < 1.29 is 14.3 Å². The number of allylic oxidation sites excluding steroid dienone is 2. The van der Waals surface area contributed by atoms with Crippen LogP contribution in [-0.4, -0.2) is 52.9 Å². The minimum absolute atomic E-state index is 0.259. The molecule has 1 aliphatic carbocycles. The van der Waals surface area contributed by atoms with Gasteiger partial charge in [-0.05, 0) is 72.0 Å². The van der Waals surface area contributed by atoms with Crippen molar-refractivity contribution in [2.45, 2.75) is 32.3 Å². The van der Waals surface area contributed by atoms with Gasteiger partial charge in [0.2, 0.25) is 0 Å². The van der Waals surface area contributed by atoms with E-state index in [4.69, 9.17) is 19.7 Å². The number of rotatable bonds is 8. The lowest BCUT2D eigenvalue weighted by molar-refractivity contribution is 0.0594. The molecule has 0 amide bonds. The molecule has 0 fully saturated rings. The summed E-state index contributed by atoms with van der Waals surface area (Å²) < 4.78 is 10.6. The van der Waals surface area contributed by atoms with Crippen molar-refractivity contribution in [1.29, 1.82) is 5.26 Å². The summed E-state index contributed by atoms with van der Waals surface area (Å²) in [5.74, 6) is 0.941. The summed E-state index contributed by atoms with van der Waals surface area (Å²) in [5.41, 5.74) is 4.59. The number of nitrogens with zero attached hydrogens (tertiary/aromatic N) is 6. The highest BCUT2D eigenvalue weighted by molar-refractivity contribution is 7.27. The molecule has 4 rings (SSSR count). The second-order valence-corrected chi connectivity index (χ2v) is 10.1. The van der Waals surface area contributed by atoms with Gasteiger partial charge >= 0.3 is 12.0 Å². The molecule has 3 aromatic rings. The lowest BCUT2D eigenvalue weighted by Crippen LogP contribution is -2.25. The Balaban J connectivity index is 1.38. The van der Waals surface area contributed by atoms with Crippen molar-refractivity contribution in [2.75, 3.05) is 21.2 Å². The van der Waals surface area contributed by atoms with Gasteiger partial charge in [-0.2, -0.15) is 10.2 Å². The van der Waals surface area contributed by atoms with Gasteiger partial charge < -0.3 is 14.4 Å². The third-order valence-electron chi connectivity index (χ3n) is 6.50. The molecule has 9 nitrogen and oxygen atoms in total. The fourth-order valence-electron chi connectivity index (χ4n) is 4.25. The van der Waals surface area contributed by atoms with Gasteiger partial charge in [0, 0.05) is 26.7 Å². The van der Waals surface area contributed by atoms with Crippen molar-refractivity contribution >= 4 is 37.6 Å². The number of esters is 1. The first kappa shape index (κ1) is 27.9. The van der Waals surface area contributed by atoms with Crippen molar-refractivity contribution in [1.82, 2.24) is 19.9 Å². The van der Waals surface area contributed by atoms with Crippen LogP contribution in [0.5, 0.6) is 6.01 Å². The number of hydrogen-bond acceptors (Lipinski definition) is 8. The summed E-state index contributed by atoms with van der Waals surface area (Å²) in [4.78, 5) is 31.5. The maximum absolute atomic E-state index is 11.6. The highest BCUT2D eigenvalue weighted by Gasteiger charge is 2.20. The molecular formula is C29H31N6O3P. The van der Waals surface area contributed by atoms with Gasteiger partial charge in [0.05, 0.1) is 36.3 Å². The quantitative estimate of drug-likeness (QED) is 0.177. The molecule has 2 heterocycles. The summed E-state index contributed by atoms with van der Waals surface area (Å²) in [6, 6.07) is 13.3. The third-order valence-corrected chi connectivity index (χ3v) is 7.04. The van der Waals surface area contributed by atoms with Crippen LogP contribution in [0.4, 0.5) is 5.69 Å². The first-order valence-corrected chi connectivity index (χ1v) is 13.2. The number of pyridine rings is 1. The number of aromatic nitrogens is 3. The SMILES string of the molecule is COC(=O)c1ccc(N=C(CC2CC=C(c3ccnc(OCc4ccc(C#N)cc4P)n3)CC2)N(C)C)cn1. The Labute approximate surface area is 230 Å². The zero-order chi connectivity index (χ0) is 27.8. The largest absolute Gasteiger partial charge is 0.464 e. The van der Waals surface area contributed by atoms with Crippen molar-refractivity contribution in [3.05, 3.63) is 77.4 Å². The summed E-state index contributed by atoms with van der Waals surface area (Å²) in [5, 5.41) is 9.97. The number of aliphatic imine (C=N–C) groups is 1. The minimum Gasteiger partial charge on any atom is -0.464 e. The van der Waals surface area contributed by atoms with Crippen LogP contribution >= 0.6 is 9.24 Å². The number of benzene rings is 1. The Morgan fingerprint density at radius 2 is 2.08 bits per heavy atom. The number of carbonyl (C=O) groups is 1. The molecule has 0 bridgehead atoms. The normalized spacial score (nSPS) is 15.2. The number of nitriles is 1. The predicted molar refractivity (Wildman–Crippen MR) is 153 cm³/mol. The number of hydrogen-bond donors (Lipinski definition) is 0. The second kappa shape index (κ2) is 13.1. The average molecular weight is 543 g/mol. The smallest absolute Gasteiger partial charge is 0.356 e. The second-order valence-electron chi connectivity index (χ2n) is 9.43. The number of amidine groups is 1. The van der Waals surface area contributed by atoms with Crippen LogP contribution in [0.25, 0.3) is 5.57 Å². The van der Waals surface area contributed by atoms with Crippen LogP contribution in [0.3, 0.4) is 0 Å². The van der Waals surface area contributed by atoms with Crippen molar-refractivity contribution in [2.24, 2.45) is 10.9 Å².